The minimum Gasteiger partial charge on any atom is -0.324 e. The number of nitrogens with zero attached hydrogens (tertiary/aromatic N) is 2. The van der Waals surface area contributed by atoms with Crippen molar-refractivity contribution >= 4 is 21.4 Å². The van der Waals surface area contributed by atoms with Crippen LogP contribution in [0.4, 0.5) is 11.4 Å². The van der Waals surface area contributed by atoms with E-state index in [2.05, 4.69) is 5.43 Å². The second-order valence-corrected chi connectivity index (χ2v) is 5.49. The Hall–Kier alpha value is -1.71. The minimum absolute atomic E-state index is 0.259. The number of benzene rings is 1. The van der Waals surface area contributed by atoms with Gasteiger partial charge >= 0.3 is 0 Å². The van der Waals surface area contributed by atoms with E-state index in [1.807, 2.05) is 0 Å². The van der Waals surface area contributed by atoms with Crippen molar-refractivity contribution in [1.82, 2.24) is 4.31 Å². The molecule has 8 nitrogen and oxygen atoms in total. The van der Waals surface area contributed by atoms with E-state index in [0.29, 0.717) is 0 Å². The Morgan fingerprint density at radius 3 is 2.41 bits per heavy atom. The summed E-state index contributed by atoms with van der Waals surface area (Å²) in [5.41, 5.74) is 1.96. The molecule has 0 radical (unpaired) electrons. The summed E-state index contributed by atoms with van der Waals surface area (Å²) in [5, 5.41) is 10.8. The molecule has 1 aromatic rings. The Labute approximate surface area is 98.2 Å². The standard InChI is InChI=1S/C8H12N4O4S/c1-11(2)17(15,16)8-4-3-6(10-9)5-7(8)12(13)14/h3-5,10H,9H2,1-2H3. The van der Waals surface area contributed by atoms with Crippen LogP contribution in [0.2, 0.25) is 0 Å². The molecule has 0 unspecified atom stereocenters. The van der Waals surface area contributed by atoms with Crippen LogP contribution < -0.4 is 11.3 Å². The molecular weight excluding hydrogens is 248 g/mol. The van der Waals surface area contributed by atoms with Crippen LogP contribution in [0.3, 0.4) is 0 Å². The number of anilines is 1. The third kappa shape index (κ3) is 2.52. The van der Waals surface area contributed by atoms with Gasteiger partial charge in [-0.3, -0.25) is 16.0 Å². The number of sulfonamides is 1. The van der Waals surface area contributed by atoms with Crippen molar-refractivity contribution in [3.05, 3.63) is 28.3 Å². The molecule has 0 aliphatic carbocycles. The van der Waals surface area contributed by atoms with Crippen LogP contribution in [-0.2, 0) is 10.0 Å². The second kappa shape index (κ2) is 4.65. The molecule has 1 aromatic carbocycles. The maximum absolute atomic E-state index is 11.8. The van der Waals surface area contributed by atoms with Gasteiger partial charge in [0.05, 0.1) is 10.6 Å². The normalized spacial score (nSPS) is 11.5. The molecule has 1 rings (SSSR count). The molecule has 0 aromatic heterocycles. The van der Waals surface area contributed by atoms with Crippen molar-refractivity contribution in [3.8, 4) is 0 Å². The Bertz CT molecular complexity index is 540. The predicted octanol–water partition coefficient (Wildman–Crippen LogP) is 0.131. The molecule has 0 saturated heterocycles. The van der Waals surface area contributed by atoms with Crippen LogP contribution in [0.25, 0.3) is 0 Å². The van der Waals surface area contributed by atoms with Crippen LogP contribution >= 0.6 is 0 Å². The molecule has 9 heteroatoms. The molecule has 0 fully saturated rings. The van der Waals surface area contributed by atoms with Gasteiger partial charge in [0, 0.05) is 20.2 Å². The maximum atomic E-state index is 11.8. The van der Waals surface area contributed by atoms with Crippen molar-refractivity contribution < 1.29 is 13.3 Å². The lowest BCUT2D eigenvalue weighted by Crippen LogP contribution is -2.23. The van der Waals surface area contributed by atoms with E-state index in [0.717, 1.165) is 16.4 Å². The highest BCUT2D eigenvalue weighted by Crippen LogP contribution is 2.28. The molecule has 0 spiro atoms. The number of nitrogens with one attached hydrogen (secondary N) is 1. The fraction of sp³-hybridized carbons (Fsp3) is 0.250. The molecular formula is C8H12N4O4S. The van der Waals surface area contributed by atoms with Crippen LogP contribution in [0.15, 0.2) is 23.1 Å². The van der Waals surface area contributed by atoms with Crippen molar-refractivity contribution in [2.45, 2.75) is 4.90 Å². The summed E-state index contributed by atoms with van der Waals surface area (Å²) in [7, 11) is -1.25. The molecule has 0 heterocycles. The highest BCUT2D eigenvalue weighted by Gasteiger charge is 2.27. The molecule has 94 valence electrons. The topological polar surface area (TPSA) is 119 Å². The number of nitrogen functional groups attached to an aromatic ring is 1. The van der Waals surface area contributed by atoms with Crippen molar-refractivity contribution in [2.24, 2.45) is 5.84 Å². The maximum Gasteiger partial charge on any atom is 0.291 e. The van der Waals surface area contributed by atoms with Gasteiger partial charge in [-0.1, -0.05) is 0 Å². The second-order valence-electron chi connectivity index (χ2n) is 3.37. The third-order valence-corrected chi connectivity index (χ3v) is 3.94. The van der Waals surface area contributed by atoms with Gasteiger partial charge in [-0.15, -0.1) is 0 Å². The van der Waals surface area contributed by atoms with Crippen LogP contribution in [-0.4, -0.2) is 31.7 Å². The van der Waals surface area contributed by atoms with E-state index in [1.54, 1.807) is 0 Å². The molecule has 0 bridgehead atoms. The average Bonchev–Trinajstić information content (AvgIpc) is 2.27. The highest BCUT2D eigenvalue weighted by atomic mass is 32.2. The zero-order valence-electron chi connectivity index (χ0n) is 9.25. The van der Waals surface area contributed by atoms with Crippen molar-refractivity contribution in [3.63, 3.8) is 0 Å². The van der Waals surface area contributed by atoms with E-state index in [4.69, 9.17) is 5.84 Å². The Morgan fingerprint density at radius 2 is 2.00 bits per heavy atom. The van der Waals surface area contributed by atoms with E-state index in [1.165, 1.54) is 20.2 Å². The summed E-state index contributed by atoms with van der Waals surface area (Å²) in [6, 6.07) is 3.56. The van der Waals surface area contributed by atoms with Gasteiger partial charge in [0.1, 0.15) is 0 Å². The molecule has 0 aliphatic rings. The minimum atomic E-state index is -3.85. The zero-order valence-corrected chi connectivity index (χ0v) is 10.1. The van der Waals surface area contributed by atoms with Crippen LogP contribution in [0.5, 0.6) is 0 Å². The van der Waals surface area contributed by atoms with Crippen molar-refractivity contribution in [2.75, 3.05) is 19.5 Å². The summed E-state index contributed by atoms with van der Waals surface area (Å²) in [6.45, 7) is 0. The fourth-order valence-electron chi connectivity index (χ4n) is 1.16. The summed E-state index contributed by atoms with van der Waals surface area (Å²) in [4.78, 5) is 9.68. The molecule has 3 N–H and O–H groups in total. The lowest BCUT2D eigenvalue weighted by atomic mass is 10.3. The number of hydrogen-bond donors (Lipinski definition) is 2. The molecule has 0 saturated carbocycles. The first-order chi connectivity index (χ1) is 7.80. The SMILES string of the molecule is CN(C)S(=O)(=O)c1ccc(NN)cc1[N+](=O)[O-]. The van der Waals surface area contributed by atoms with Gasteiger partial charge in [-0.2, -0.15) is 0 Å². The van der Waals surface area contributed by atoms with Gasteiger partial charge in [-0.25, -0.2) is 12.7 Å². The van der Waals surface area contributed by atoms with E-state index >= 15 is 0 Å². The number of nitro benzene ring substituents is 1. The van der Waals surface area contributed by atoms with Crippen LogP contribution in [0, 0.1) is 10.1 Å². The Kier molecular flexibility index (Phi) is 3.66. The zero-order chi connectivity index (χ0) is 13.2. The predicted molar refractivity (Wildman–Crippen MR) is 61.8 cm³/mol. The first-order valence-electron chi connectivity index (χ1n) is 4.48. The van der Waals surface area contributed by atoms with E-state index in [9.17, 15) is 18.5 Å². The molecule has 0 aliphatic heterocycles. The van der Waals surface area contributed by atoms with Gasteiger partial charge < -0.3 is 5.43 Å². The highest BCUT2D eigenvalue weighted by molar-refractivity contribution is 7.89. The number of nitrogens with two attached hydrogens (primary N) is 1. The smallest absolute Gasteiger partial charge is 0.291 e. The Morgan fingerprint density at radius 1 is 1.41 bits per heavy atom. The van der Waals surface area contributed by atoms with Gasteiger partial charge in [0.15, 0.2) is 4.90 Å². The molecule has 17 heavy (non-hydrogen) atoms. The van der Waals surface area contributed by atoms with Gasteiger partial charge in [-0.05, 0) is 12.1 Å². The summed E-state index contributed by atoms with van der Waals surface area (Å²) in [5.74, 6) is 5.11. The molecule has 0 atom stereocenters. The number of rotatable bonds is 4. The fourth-order valence-corrected chi connectivity index (χ4v) is 2.20. The van der Waals surface area contributed by atoms with Gasteiger partial charge in [0.25, 0.3) is 5.69 Å². The van der Waals surface area contributed by atoms with Gasteiger partial charge in [0.2, 0.25) is 10.0 Å². The monoisotopic (exact) mass is 260 g/mol. The molecule has 0 amide bonds. The summed E-state index contributed by atoms with van der Waals surface area (Å²) in [6.07, 6.45) is 0. The number of nitro groups is 1. The average molecular weight is 260 g/mol. The Balaban J connectivity index is 3.50. The van der Waals surface area contributed by atoms with Crippen molar-refractivity contribution in [1.29, 1.82) is 0 Å². The van der Waals surface area contributed by atoms with E-state index in [-0.39, 0.29) is 10.6 Å². The first kappa shape index (κ1) is 13.4. The third-order valence-electron chi connectivity index (χ3n) is 2.08. The van der Waals surface area contributed by atoms with E-state index < -0.39 is 20.6 Å². The quantitative estimate of drug-likeness (QED) is 0.451. The first-order valence-corrected chi connectivity index (χ1v) is 5.92. The lowest BCUT2D eigenvalue weighted by molar-refractivity contribution is -0.387. The number of hydrazine groups is 1. The summed E-state index contributed by atoms with van der Waals surface area (Å²) >= 11 is 0. The summed E-state index contributed by atoms with van der Waals surface area (Å²) < 4.78 is 24.6. The lowest BCUT2D eigenvalue weighted by Gasteiger charge is -2.12. The largest absolute Gasteiger partial charge is 0.324 e. The van der Waals surface area contributed by atoms with Crippen LogP contribution in [0.1, 0.15) is 0 Å². The number of hydrogen-bond acceptors (Lipinski definition) is 6.